The number of ether oxygens (including phenoxy) is 1. The molecule has 0 amide bonds. The van der Waals surface area contributed by atoms with Crippen LogP contribution in [-0.4, -0.2) is 43.7 Å². The first-order valence-corrected chi connectivity index (χ1v) is 24.3. The molecule has 0 heterocycles. The van der Waals surface area contributed by atoms with Crippen molar-refractivity contribution in [2.45, 2.75) is 231 Å². The molecule has 0 bridgehead atoms. The smallest absolute Gasteiger partial charge is 0.0795 e. The first-order valence-electron chi connectivity index (χ1n) is 20.6. The Morgan fingerprint density at radius 2 is 0.913 bits per heavy atom. The summed E-state index contributed by atoms with van der Waals surface area (Å²) in [7, 11) is -0.825. The van der Waals surface area contributed by atoms with E-state index in [1.165, 1.54) is 167 Å². The van der Waals surface area contributed by atoms with Crippen molar-refractivity contribution in [3.63, 3.8) is 0 Å². The Labute approximate surface area is 290 Å². The lowest BCUT2D eigenvalue weighted by Gasteiger charge is -2.20. The van der Waals surface area contributed by atoms with Crippen molar-refractivity contribution in [1.82, 2.24) is 0 Å². The quantitative estimate of drug-likeness (QED) is 0.0395. The first-order chi connectivity index (χ1) is 22.4. The van der Waals surface area contributed by atoms with Crippen molar-refractivity contribution in [3.8, 4) is 0 Å². The van der Waals surface area contributed by atoms with Crippen LogP contribution < -0.4 is 0 Å². The standard InChI is InChI=1S/C42H84O3Si/c1-5-6-7-8-9-10-11-12-13-16-19-22-25-28-31-34-37-45-42(39-41(44)40-43)36-33-30-27-24-21-18-15-14-17-20-23-26-29-32-35-38-46(2,3)4/h12-15,41-44H,5-11,16-40H2,1-4H3/b13-12-,15-14-. The van der Waals surface area contributed by atoms with E-state index in [2.05, 4.69) is 50.9 Å². The van der Waals surface area contributed by atoms with Gasteiger partial charge in [-0.05, 0) is 64.2 Å². The lowest BCUT2D eigenvalue weighted by atomic mass is 10.0. The summed E-state index contributed by atoms with van der Waals surface area (Å²) in [6.07, 6.45) is 46.3. The molecule has 0 rings (SSSR count). The molecule has 0 aromatic carbocycles. The van der Waals surface area contributed by atoms with Crippen LogP contribution in [0.15, 0.2) is 24.3 Å². The number of aliphatic hydroxyl groups is 2. The SMILES string of the molecule is CCCCCCCC/C=C\CCCCCCCCOC(CCCCCCC/C=C\CCCCCCCC[Si](C)(C)C)CC(O)CO. The zero-order chi connectivity index (χ0) is 33.8. The molecule has 3 nitrogen and oxygen atoms in total. The predicted molar refractivity (Wildman–Crippen MR) is 209 cm³/mol. The normalized spacial score (nSPS) is 13.8. The fraction of sp³-hybridized carbons (Fsp3) is 0.905. The van der Waals surface area contributed by atoms with Crippen molar-refractivity contribution in [1.29, 1.82) is 0 Å². The van der Waals surface area contributed by atoms with Crippen LogP contribution in [0.5, 0.6) is 0 Å². The molecule has 2 atom stereocenters. The summed E-state index contributed by atoms with van der Waals surface area (Å²) in [4.78, 5) is 0. The molecule has 0 saturated heterocycles. The lowest BCUT2D eigenvalue weighted by Crippen LogP contribution is -2.24. The van der Waals surface area contributed by atoms with Gasteiger partial charge in [0.1, 0.15) is 0 Å². The van der Waals surface area contributed by atoms with Gasteiger partial charge in [-0.2, -0.15) is 0 Å². The van der Waals surface area contributed by atoms with E-state index in [4.69, 9.17) is 4.74 Å². The average Bonchev–Trinajstić information content (AvgIpc) is 3.03. The maximum atomic E-state index is 9.99. The predicted octanol–water partition coefficient (Wildman–Crippen LogP) is 13.5. The van der Waals surface area contributed by atoms with E-state index >= 15 is 0 Å². The van der Waals surface area contributed by atoms with Gasteiger partial charge in [0, 0.05) is 21.1 Å². The molecule has 2 unspecified atom stereocenters. The Morgan fingerprint density at radius 1 is 0.522 bits per heavy atom. The molecule has 274 valence electrons. The molecule has 4 heteroatoms. The minimum atomic E-state index is -0.825. The molecule has 46 heavy (non-hydrogen) atoms. The second-order valence-electron chi connectivity index (χ2n) is 15.5. The molecule has 0 aliphatic carbocycles. The Hall–Kier alpha value is -0.423. The van der Waals surface area contributed by atoms with E-state index in [0.29, 0.717) is 6.42 Å². The maximum absolute atomic E-state index is 9.99. The van der Waals surface area contributed by atoms with Gasteiger partial charge in [0.15, 0.2) is 0 Å². The summed E-state index contributed by atoms with van der Waals surface area (Å²) >= 11 is 0. The monoisotopic (exact) mass is 665 g/mol. The second kappa shape index (κ2) is 35.9. The Bertz CT molecular complexity index is 641. The lowest BCUT2D eigenvalue weighted by molar-refractivity contribution is -0.00840. The highest BCUT2D eigenvalue weighted by Crippen LogP contribution is 2.18. The Kier molecular flexibility index (Phi) is 35.5. The van der Waals surface area contributed by atoms with Crippen LogP contribution >= 0.6 is 0 Å². The van der Waals surface area contributed by atoms with Crippen molar-refractivity contribution >= 4 is 8.07 Å². The van der Waals surface area contributed by atoms with Crippen LogP contribution in [0.1, 0.15) is 193 Å². The Morgan fingerprint density at radius 3 is 1.35 bits per heavy atom. The van der Waals surface area contributed by atoms with Crippen LogP contribution in [0.2, 0.25) is 25.7 Å². The van der Waals surface area contributed by atoms with Gasteiger partial charge in [0.25, 0.3) is 0 Å². The summed E-state index contributed by atoms with van der Waals surface area (Å²) in [6.45, 7) is 10.4. The summed E-state index contributed by atoms with van der Waals surface area (Å²) in [5.41, 5.74) is 0. The molecular weight excluding hydrogens is 581 g/mol. The highest BCUT2D eigenvalue weighted by Gasteiger charge is 2.14. The minimum absolute atomic E-state index is 0.0818. The summed E-state index contributed by atoms with van der Waals surface area (Å²) in [5.74, 6) is 0. The van der Waals surface area contributed by atoms with Gasteiger partial charge >= 0.3 is 0 Å². The number of hydrogen-bond donors (Lipinski definition) is 2. The average molecular weight is 665 g/mol. The van der Waals surface area contributed by atoms with Crippen molar-refractivity contribution < 1.29 is 14.9 Å². The molecule has 0 aliphatic heterocycles. The number of aliphatic hydroxyl groups excluding tert-OH is 2. The third-order valence-electron chi connectivity index (χ3n) is 9.37. The highest BCUT2D eigenvalue weighted by molar-refractivity contribution is 6.76. The molecule has 0 aromatic heterocycles. The van der Waals surface area contributed by atoms with E-state index < -0.39 is 14.2 Å². The largest absolute Gasteiger partial charge is 0.394 e. The zero-order valence-electron chi connectivity index (χ0n) is 31.9. The van der Waals surface area contributed by atoms with Gasteiger partial charge in [0.2, 0.25) is 0 Å². The highest BCUT2D eigenvalue weighted by atomic mass is 28.3. The fourth-order valence-electron chi connectivity index (χ4n) is 6.27. The molecular formula is C42H84O3Si. The van der Waals surface area contributed by atoms with Crippen molar-refractivity contribution in [2.24, 2.45) is 0 Å². The van der Waals surface area contributed by atoms with Crippen LogP contribution in [0.25, 0.3) is 0 Å². The van der Waals surface area contributed by atoms with Crippen molar-refractivity contribution in [2.75, 3.05) is 13.2 Å². The summed E-state index contributed by atoms with van der Waals surface area (Å²) < 4.78 is 6.18. The number of rotatable bonds is 37. The van der Waals surface area contributed by atoms with Crippen LogP contribution in [0.4, 0.5) is 0 Å². The molecule has 0 saturated carbocycles. The molecule has 0 spiro atoms. The molecule has 0 aliphatic rings. The van der Waals surface area contributed by atoms with E-state index in [0.717, 1.165) is 25.9 Å². The number of unbranched alkanes of at least 4 members (excludes halogenated alkanes) is 23. The van der Waals surface area contributed by atoms with Crippen LogP contribution in [0.3, 0.4) is 0 Å². The van der Waals surface area contributed by atoms with Gasteiger partial charge in [-0.15, -0.1) is 0 Å². The zero-order valence-corrected chi connectivity index (χ0v) is 32.9. The van der Waals surface area contributed by atoms with E-state index in [9.17, 15) is 10.2 Å². The topological polar surface area (TPSA) is 49.7 Å². The number of allylic oxidation sites excluding steroid dienone is 4. The number of hydrogen-bond acceptors (Lipinski definition) is 3. The summed E-state index contributed by atoms with van der Waals surface area (Å²) in [5, 5.41) is 19.3. The van der Waals surface area contributed by atoms with Crippen LogP contribution in [-0.2, 0) is 4.74 Å². The van der Waals surface area contributed by atoms with Gasteiger partial charge in [-0.1, -0.05) is 172 Å². The third kappa shape index (κ3) is 38.0. The molecule has 2 N–H and O–H groups in total. The third-order valence-corrected chi connectivity index (χ3v) is 11.2. The molecule has 0 fully saturated rings. The van der Waals surface area contributed by atoms with E-state index in [1.807, 2.05) is 0 Å². The van der Waals surface area contributed by atoms with E-state index in [1.54, 1.807) is 0 Å². The van der Waals surface area contributed by atoms with Crippen LogP contribution in [0, 0.1) is 0 Å². The van der Waals surface area contributed by atoms with Gasteiger partial charge in [-0.3, -0.25) is 0 Å². The van der Waals surface area contributed by atoms with Gasteiger partial charge in [-0.25, -0.2) is 0 Å². The van der Waals surface area contributed by atoms with Gasteiger partial charge < -0.3 is 14.9 Å². The second-order valence-corrected chi connectivity index (χ2v) is 21.2. The first kappa shape index (κ1) is 45.6. The van der Waals surface area contributed by atoms with Crippen molar-refractivity contribution in [3.05, 3.63) is 24.3 Å². The van der Waals surface area contributed by atoms with E-state index in [-0.39, 0.29) is 12.7 Å². The minimum Gasteiger partial charge on any atom is -0.394 e. The van der Waals surface area contributed by atoms with Gasteiger partial charge in [0.05, 0.1) is 18.8 Å². The summed E-state index contributed by atoms with van der Waals surface area (Å²) in [6, 6.07) is 1.50. The molecule has 0 radical (unpaired) electrons. The molecule has 0 aromatic rings. The maximum Gasteiger partial charge on any atom is 0.0795 e. The Balaban J connectivity index is 3.64. The fourth-order valence-corrected chi connectivity index (χ4v) is 7.58.